The Balaban J connectivity index is 1.72. The number of halogens is 1. The Hall–Kier alpha value is -2.33. The molecule has 4 rings (SSSR count). The Bertz CT molecular complexity index is 1130. The van der Waals surface area contributed by atoms with Crippen molar-refractivity contribution in [2.24, 2.45) is 9.50 Å². The molecule has 2 aromatic rings. The first kappa shape index (κ1) is 20.0. The summed E-state index contributed by atoms with van der Waals surface area (Å²) in [5.41, 5.74) is 4.64. The fourth-order valence-electron chi connectivity index (χ4n) is 4.17. The molecule has 29 heavy (non-hydrogen) atoms. The van der Waals surface area contributed by atoms with Gasteiger partial charge in [-0.3, -0.25) is 9.67 Å². The minimum absolute atomic E-state index is 0.0684. The summed E-state index contributed by atoms with van der Waals surface area (Å²) in [5.74, 6) is -0.844. The number of nitrogens with one attached hydrogen (secondary N) is 1. The summed E-state index contributed by atoms with van der Waals surface area (Å²) in [6, 6.07) is -0.866. The SMILES string of the molecule is CCn1cc(F)c(S(N)(=O)=NC(=O)Nc2c3c(nc4c2CCC4(C)C)CCC3)n1. The molecule has 2 aromatic heterocycles. The van der Waals surface area contributed by atoms with E-state index in [0.717, 1.165) is 60.8 Å². The average Bonchev–Trinajstić information content (AvgIpc) is 3.32. The predicted octanol–water partition coefficient (Wildman–Crippen LogP) is 3.08. The van der Waals surface area contributed by atoms with Gasteiger partial charge in [0.1, 0.15) is 0 Å². The standard InChI is InChI=1S/C19H25FN6O2S/c1-4-26-10-13(20)17(24-26)29(21,28)25-18(27)23-15-11-6-5-7-14(11)22-16-12(15)8-9-19(16,2)3/h10H,4-9H2,1-3H3,(H3,21,22,23,25,27,28). The normalized spacial score (nSPS) is 18.8. The van der Waals surface area contributed by atoms with Crippen molar-refractivity contribution in [1.82, 2.24) is 14.8 Å². The molecule has 0 saturated carbocycles. The van der Waals surface area contributed by atoms with Crippen molar-refractivity contribution >= 4 is 21.6 Å². The number of nitrogens with two attached hydrogens (primary N) is 1. The first-order valence-electron chi connectivity index (χ1n) is 9.76. The van der Waals surface area contributed by atoms with Gasteiger partial charge in [-0.2, -0.15) is 5.10 Å². The highest BCUT2D eigenvalue weighted by Gasteiger charge is 2.36. The fraction of sp³-hybridized carbons (Fsp3) is 0.526. The zero-order valence-electron chi connectivity index (χ0n) is 16.8. The van der Waals surface area contributed by atoms with Gasteiger partial charge in [0.2, 0.25) is 5.03 Å². The lowest BCUT2D eigenvalue weighted by atomic mass is 9.90. The van der Waals surface area contributed by atoms with Gasteiger partial charge < -0.3 is 5.32 Å². The maximum atomic E-state index is 14.1. The number of hydrogen-bond acceptors (Lipinski definition) is 4. The van der Waals surface area contributed by atoms with Gasteiger partial charge in [-0.15, -0.1) is 4.36 Å². The van der Waals surface area contributed by atoms with Crippen LogP contribution in [0.1, 0.15) is 56.1 Å². The highest BCUT2D eigenvalue weighted by atomic mass is 32.2. The van der Waals surface area contributed by atoms with E-state index < -0.39 is 26.8 Å². The topological polar surface area (TPSA) is 115 Å². The van der Waals surface area contributed by atoms with Crippen molar-refractivity contribution in [3.05, 3.63) is 34.5 Å². The van der Waals surface area contributed by atoms with Crippen LogP contribution in [0.25, 0.3) is 0 Å². The minimum atomic E-state index is -3.81. The third-order valence-corrected chi connectivity index (χ3v) is 6.97. The number of fused-ring (bicyclic) bond motifs is 2. The van der Waals surface area contributed by atoms with Crippen molar-refractivity contribution in [3.63, 3.8) is 0 Å². The van der Waals surface area contributed by atoms with Crippen LogP contribution in [0.5, 0.6) is 0 Å². The number of urea groups is 1. The molecule has 1 unspecified atom stereocenters. The molecule has 0 spiro atoms. The number of hydrogen-bond donors (Lipinski definition) is 2. The molecule has 1 atom stereocenters. The molecule has 0 saturated heterocycles. The van der Waals surface area contributed by atoms with Crippen molar-refractivity contribution in [2.45, 2.75) is 69.9 Å². The van der Waals surface area contributed by atoms with Crippen LogP contribution in [0.2, 0.25) is 0 Å². The highest BCUT2D eigenvalue weighted by Crippen LogP contribution is 2.44. The summed E-state index contributed by atoms with van der Waals surface area (Å²) in [6.07, 6.45) is 5.47. The summed E-state index contributed by atoms with van der Waals surface area (Å²) in [6.45, 7) is 6.42. The molecule has 0 fully saturated rings. The quantitative estimate of drug-likeness (QED) is 0.794. The van der Waals surface area contributed by atoms with Crippen LogP contribution in [0.3, 0.4) is 0 Å². The second-order valence-electron chi connectivity index (χ2n) is 8.20. The Kier molecular flexibility index (Phi) is 4.73. The van der Waals surface area contributed by atoms with E-state index in [1.54, 1.807) is 6.92 Å². The molecule has 3 N–H and O–H groups in total. The molecular formula is C19H25FN6O2S. The van der Waals surface area contributed by atoms with Crippen LogP contribution in [0.15, 0.2) is 15.6 Å². The number of carbonyl (C=O) groups excluding carboxylic acids is 1. The second-order valence-corrected chi connectivity index (χ2v) is 9.91. The molecular weight excluding hydrogens is 395 g/mol. The maximum Gasteiger partial charge on any atom is 0.354 e. The minimum Gasteiger partial charge on any atom is -0.305 e. The summed E-state index contributed by atoms with van der Waals surface area (Å²) in [7, 11) is -3.81. The van der Waals surface area contributed by atoms with E-state index in [-0.39, 0.29) is 5.41 Å². The first-order valence-corrected chi connectivity index (χ1v) is 11.3. The van der Waals surface area contributed by atoms with Crippen LogP contribution in [-0.2, 0) is 41.1 Å². The number of aryl methyl sites for hydroxylation is 2. The van der Waals surface area contributed by atoms with Gasteiger partial charge in [0.15, 0.2) is 15.7 Å². The Morgan fingerprint density at radius 1 is 1.38 bits per heavy atom. The third kappa shape index (κ3) is 3.44. The molecule has 2 heterocycles. The zero-order valence-corrected chi connectivity index (χ0v) is 17.6. The third-order valence-electron chi connectivity index (χ3n) is 5.70. The molecule has 2 amide bonds. The summed E-state index contributed by atoms with van der Waals surface area (Å²) < 4.78 is 31.7. The number of nitrogens with zero attached hydrogens (tertiary/aromatic N) is 4. The van der Waals surface area contributed by atoms with E-state index >= 15 is 0 Å². The fourth-order valence-corrected chi connectivity index (χ4v) is 5.10. The number of carbonyl (C=O) groups is 1. The highest BCUT2D eigenvalue weighted by molar-refractivity contribution is 7.91. The van der Waals surface area contributed by atoms with E-state index in [1.807, 2.05) is 0 Å². The predicted molar refractivity (Wildman–Crippen MR) is 108 cm³/mol. The van der Waals surface area contributed by atoms with Gasteiger partial charge in [-0.25, -0.2) is 18.5 Å². The Labute approximate surface area is 169 Å². The van der Waals surface area contributed by atoms with Crippen molar-refractivity contribution in [3.8, 4) is 0 Å². The van der Waals surface area contributed by atoms with Crippen molar-refractivity contribution in [1.29, 1.82) is 0 Å². The number of amides is 2. The van der Waals surface area contributed by atoms with Gasteiger partial charge in [-0.05, 0) is 50.2 Å². The number of rotatable bonds is 3. The van der Waals surface area contributed by atoms with Crippen LogP contribution in [0.4, 0.5) is 14.9 Å². The number of aromatic nitrogens is 3. The zero-order chi connectivity index (χ0) is 21.0. The molecule has 2 aliphatic carbocycles. The van der Waals surface area contributed by atoms with E-state index in [1.165, 1.54) is 4.68 Å². The van der Waals surface area contributed by atoms with Gasteiger partial charge in [0.05, 0.1) is 17.6 Å². The Morgan fingerprint density at radius 2 is 2.14 bits per heavy atom. The van der Waals surface area contributed by atoms with Gasteiger partial charge in [0.25, 0.3) is 0 Å². The van der Waals surface area contributed by atoms with Gasteiger partial charge >= 0.3 is 6.03 Å². The van der Waals surface area contributed by atoms with Gasteiger partial charge in [0, 0.05) is 17.7 Å². The molecule has 156 valence electrons. The lowest BCUT2D eigenvalue weighted by Crippen LogP contribution is -2.21. The number of pyridine rings is 1. The maximum absolute atomic E-state index is 14.1. The van der Waals surface area contributed by atoms with Crippen molar-refractivity contribution < 1.29 is 13.4 Å². The van der Waals surface area contributed by atoms with E-state index in [2.05, 4.69) is 28.6 Å². The van der Waals surface area contributed by atoms with E-state index in [4.69, 9.17) is 10.1 Å². The molecule has 0 bridgehead atoms. The van der Waals surface area contributed by atoms with Gasteiger partial charge in [-0.1, -0.05) is 13.8 Å². The smallest absolute Gasteiger partial charge is 0.305 e. The van der Waals surface area contributed by atoms with Crippen LogP contribution in [-0.4, -0.2) is 25.0 Å². The monoisotopic (exact) mass is 420 g/mol. The molecule has 2 aliphatic rings. The lowest BCUT2D eigenvalue weighted by Gasteiger charge is -2.20. The summed E-state index contributed by atoms with van der Waals surface area (Å²) >= 11 is 0. The molecule has 0 radical (unpaired) electrons. The van der Waals surface area contributed by atoms with E-state index in [0.29, 0.717) is 12.2 Å². The molecule has 10 heteroatoms. The van der Waals surface area contributed by atoms with Crippen LogP contribution in [0, 0.1) is 5.82 Å². The molecule has 8 nitrogen and oxygen atoms in total. The van der Waals surface area contributed by atoms with E-state index in [9.17, 15) is 13.4 Å². The number of anilines is 1. The second kappa shape index (κ2) is 6.88. The molecule has 0 aliphatic heterocycles. The summed E-state index contributed by atoms with van der Waals surface area (Å²) in [5, 5.41) is 11.8. The van der Waals surface area contributed by atoms with Crippen molar-refractivity contribution in [2.75, 3.05) is 5.32 Å². The lowest BCUT2D eigenvalue weighted by molar-refractivity contribution is 0.260. The average molecular weight is 421 g/mol. The first-order chi connectivity index (χ1) is 13.6. The largest absolute Gasteiger partial charge is 0.354 e. The molecule has 0 aromatic carbocycles. The Morgan fingerprint density at radius 3 is 2.83 bits per heavy atom. The van der Waals surface area contributed by atoms with Crippen LogP contribution >= 0.6 is 0 Å². The summed E-state index contributed by atoms with van der Waals surface area (Å²) in [4.78, 5) is 17.5. The van der Waals surface area contributed by atoms with Crippen LogP contribution < -0.4 is 10.5 Å².